The van der Waals surface area contributed by atoms with E-state index in [0.29, 0.717) is 5.92 Å². The van der Waals surface area contributed by atoms with Crippen molar-refractivity contribution in [2.75, 3.05) is 19.6 Å². The summed E-state index contributed by atoms with van der Waals surface area (Å²) in [6, 6.07) is 0. The summed E-state index contributed by atoms with van der Waals surface area (Å²) in [5.74, 6) is 1.04. The maximum atomic E-state index is 12.4. The smallest absolute Gasteiger partial charge is 0.315 e. The average Bonchev–Trinajstić information content (AvgIpc) is 2.81. The number of hydrogen-bond donors (Lipinski definition) is 0. The van der Waals surface area contributed by atoms with Crippen LogP contribution in [0, 0.1) is 11.8 Å². The summed E-state index contributed by atoms with van der Waals surface area (Å²) in [4.78, 5) is 12.4. The van der Waals surface area contributed by atoms with Crippen molar-refractivity contribution in [2.45, 2.75) is 57.1 Å². The Hall–Kier alpha value is -0.570. The van der Waals surface area contributed by atoms with Gasteiger partial charge in [0.15, 0.2) is 11.6 Å². The third-order valence-corrected chi connectivity index (χ3v) is 6.49. The molecule has 5 atom stereocenters. The molecule has 0 amide bonds. The van der Waals surface area contributed by atoms with Crippen LogP contribution in [-0.4, -0.2) is 41.7 Å². The Labute approximate surface area is 109 Å². The Kier molecular flexibility index (Phi) is 2.19. The lowest BCUT2D eigenvalue weighted by Gasteiger charge is -2.52. The largest absolute Gasteiger partial charge is 0.455 e. The third kappa shape index (κ3) is 1.13. The molecular formula is C15H24NO2+. The lowest BCUT2D eigenvalue weighted by Crippen LogP contribution is -2.69. The number of piperidine rings is 1. The summed E-state index contributed by atoms with van der Waals surface area (Å²) in [5, 5.41) is 0. The molecule has 1 spiro atoms. The maximum Gasteiger partial charge on any atom is 0.315 e. The van der Waals surface area contributed by atoms with Gasteiger partial charge in [-0.05, 0) is 25.2 Å². The summed E-state index contributed by atoms with van der Waals surface area (Å²) < 4.78 is 7.06. The van der Waals surface area contributed by atoms with Crippen LogP contribution in [0.25, 0.3) is 0 Å². The van der Waals surface area contributed by atoms with Gasteiger partial charge in [0.1, 0.15) is 5.92 Å². The molecule has 0 aromatic heterocycles. The van der Waals surface area contributed by atoms with Gasteiger partial charge >= 0.3 is 5.97 Å². The van der Waals surface area contributed by atoms with E-state index in [9.17, 15) is 4.79 Å². The van der Waals surface area contributed by atoms with E-state index in [1.165, 1.54) is 49.8 Å². The zero-order valence-corrected chi connectivity index (χ0v) is 11.4. The summed E-state index contributed by atoms with van der Waals surface area (Å²) in [6.07, 6.45) is 7.54. The average molecular weight is 250 g/mol. The van der Waals surface area contributed by atoms with Crippen molar-refractivity contribution in [1.29, 1.82) is 0 Å². The molecule has 0 aliphatic carbocycles. The van der Waals surface area contributed by atoms with E-state index in [1.807, 2.05) is 0 Å². The molecule has 0 radical (unpaired) electrons. The van der Waals surface area contributed by atoms with E-state index >= 15 is 0 Å². The molecule has 0 saturated carbocycles. The Morgan fingerprint density at radius 1 is 1.22 bits per heavy atom. The van der Waals surface area contributed by atoms with Crippen molar-refractivity contribution in [3.05, 3.63) is 0 Å². The first-order valence-electron chi connectivity index (χ1n) is 7.75. The Bertz CT molecular complexity index is 396. The van der Waals surface area contributed by atoms with Gasteiger partial charge in [0.2, 0.25) is 0 Å². The van der Waals surface area contributed by atoms with Gasteiger partial charge in [0.05, 0.1) is 19.6 Å². The van der Waals surface area contributed by atoms with Gasteiger partial charge in [-0.25, -0.2) is 0 Å². The molecule has 18 heavy (non-hydrogen) atoms. The molecule has 4 aliphatic heterocycles. The van der Waals surface area contributed by atoms with Gasteiger partial charge in [0.25, 0.3) is 0 Å². The molecular weight excluding hydrogens is 226 g/mol. The Morgan fingerprint density at radius 3 is 2.94 bits per heavy atom. The lowest BCUT2D eigenvalue weighted by molar-refractivity contribution is -0.972. The van der Waals surface area contributed by atoms with Gasteiger partial charge in [0, 0.05) is 19.3 Å². The number of quaternary nitrogens is 1. The molecule has 4 fully saturated rings. The van der Waals surface area contributed by atoms with Gasteiger partial charge in [-0.2, -0.15) is 0 Å². The number of esters is 1. The predicted octanol–water partition coefficient (Wildman–Crippen LogP) is 2.10. The number of hydrogen-bond acceptors (Lipinski definition) is 2. The van der Waals surface area contributed by atoms with Crippen LogP contribution in [0.3, 0.4) is 0 Å². The van der Waals surface area contributed by atoms with Crippen molar-refractivity contribution in [2.24, 2.45) is 11.8 Å². The van der Waals surface area contributed by atoms with E-state index in [2.05, 4.69) is 6.92 Å². The van der Waals surface area contributed by atoms with Crippen LogP contribution in [0.1, 0.15) is 45.4 Å². The van der Waals surface area contributed by atoms with E-state index < -0.39 is 0 Å². The predicted molar refractivity (Wildman–Crippen MR) is 67.8 cm³/mol. The van der Waals surface area contributed by atoms with Gasteiger partial charge in [-0.15, -0.1) is 0 Å². The summed E-state index contributed by atoms with van der Waals surface area (Å²) in [7, 11) is 0. The minimum Gasteiger partial charge on any atom is -0.455 e. The second-order valence-corrected chi connectivity index (χ2v) is 7.16. The highest BCUT2D eigenvalue weighted by Crippen LogP contribution is 2.57. The topological polar surface area (TPSA) is 26.3 Å². The van der Waals surface area contributed by atoms with Crippen molar-refractivity contribution in [1.82, 2.24) is 0 Å². The highest BCUT2D eigenvalue weighted by Gasteiger charge is 2.72. The molecule has 4 heterocycles. The number of rotatable bonds is 0. The molecule has 0 aromatic carbocycles. The molecule has 4 aliphatic rings. The van der Waals surface area contributed by atoms with E-state index in [4.69, 9.17) is 4.74 Å². The molecule has 0 bridgehead atoms. The van der Waals surface area contributed by atoms with Gasteiger partial charge < -0.3 is 9.22 Å². The lowest BCUT2D eigenvalue weighted by atomic mass is 9.72. The number of ether oxygens (including phenoxy) is 1. The zero-order chi connectivity index (χ0) is 12.4. The third-order valence-electron chi connectivity index (χ3n) is 6.49. The quantitative estimate of drug-likeness (QED) is 0.486. The maximum absolute atomic E-state index is 12.4. The fourth-order valence-electron chi connectivity index (χ4n) is 5.76. The number of carbonyl (C=O) groups is 1. The van der Waals surface area contributed by atoms with Crippen LogP contribution in [-0.2, 0) is 9.53 Å². The SMILES string of the molecule is CC1CC[N+]23CCC[C@@H]4OC(=O)C(C1)C42CCC3. The normalized spacial score (nSPS) is 54.5. The molecule has 0 N–H and O–H groups in total. The minimum atomic E-state index is 0.139. The fraction of sp³-hybridized carbons (Fsp3) is 0.933. The number of nitrogens with zero attached hydrogens (tertiary/aromatic N) is 1. The van der Waals surface area contributed by atoms with E-state index in [-0.39, 0.29) is 23.5 Å². The monoisotopic (exact) mass is 250 g/mol. The van der Waals surface area contributed by atoms with Crippen LogP contribution in [0.15, 0.2) is 0 Å². The highest BCUT2D eigenvalue weighted by molar-refractivity contribution is 5.77. The van der Waals surface area contributed by atoms with Crippen molar-refractivity contribution < 1.29 is 14.0 Å². The van der Waals surface area contributed by atoms with Crippen LogP contribution >= 0.6 is 0 Å². The van der Waals surface area contributed by atoms with Gasteiger partial charge in [-0.1, -0.05) is 6.92 Å². The summed E-state index contributed by atoms with van der Waals surface area (Å²) in [5.41, 5.74) is 0.195. The number of carbonyl (C=O) groups excluding carboxylic acids is 1. The van der Waals surface area contributed by atoms with Crippen LogP contribution < -0.4 is 0 Å². The first-order chi connectivity index (χ1) is 8.68. The van der Waals surface area contributed by atoms with E-state index in [1.54, 1.807) is 0 Å². The highest BCUT2D eigenvalue weighted by atomic mass is 16.6. The van der Waals surface area contributed by atoms with Crippen molar-refractivity contribution in [3.63, 3.8) is 0 Å². The molecule has 100 valence electrons. The van der Waals surface area contributed by atoms with Gasteiger partial charge in [-0.3, -0.25) is 4.79 Å². The van der Waals surface area contributed by atoms with E-state index in [0.717, 1.165) is 12.8 Å². The zero-order valence-electron chi connectivity index (χ0n) is 11.4. The summed E-state index contributed by atoms with van der Waals surface area (Å²) >= 11 is 0. The Balaban J connectivity index is 1.87. The fourth-order valence-corrected chi connectivity index (χ4v) is 5.76. The second-order valence-electron chi connectivity index (χ2n) is 7.16. The first-order valence-corrected chi connectivity index (χ1v) is 7.75. The first kappa shape index (κ1) is 11.3. The molecule has 3 heteroatoms. The van der Waals surface area contributed by atoms with Crippen LogP contribution in [0.4, 0.5) is 0 Å². The van der Waals surface area contributed by atoms with Crippen LogP contribution in [0.2, 0.25) is 0 Å². The van der Waals surface area contributed by atoms with Crippen LogP contribution in [0.5, 0.6) is 0 Å². The van der Waals surface area contributed by atoms with Crippen molar-refractivity contribution >= 4 is 5.97 Å². The molecule has 4 saturated heterocycles. The summed E-state index contributed by atoms with van der Waals surface area (Å²) in [6.45, 7) is 6.22. The second kappa shape index (κ2) is 3.50. The molecule has 4 rings (SSSR count). The Morgan fingerprint density at radius 2 is 2.06 bits per heavy atom. The minimum absolute atomic E-state index is 0.139. The van der Waals surface area contributed by atoms with Crippen molar-refractivity contribution in [3.8, 4) is 0 Å². The standard InChI is InChI=1S/C15H24NO2/c1-11-5-9-16-7-2-4-13-15(16,6-3-8-16)12(10-11)14(17)18-13/h11-13H,2-10H2,1H3/q+1/t11?,12?,13-,15?,16?/m0/s1. The molecule has 3 nitrogen and oxygen atoms in total. The molecule has 4 unspecified atom stereocenters. The molecule has 0 aromatic rings.